The van der Waals surface area contributed by atoms with E-state index in [-0.39, 0.29) is 0 Å². The van der Waals surface area contributed by atoms with Crippen molar-refractivity contribution in [2.45, 2.75) is 38.2 Å². The molecule has 3 rings (SSSR count). The van der Waals surface area contributed by atoms with E-state index in [4.69, 9.17) is 4.74 Å². The molecule has 1 aromatic carbocycles. The molecule has 0 saturated heterocycles. The summed E-state index contributed by atoms with van der Waals surface area (Å²) in [4.78, 5) is 0. The maximum absolute atomic E-state index is 10.8. The summed E-state index contributed by atoms with van der Waals surface area (Å²) in [5.41, 5.74) is 0.515. The first-order valence-electron chi connectivity index (χ1n) is 6.70. The van der Waals surface area contributed by atoms with Crippen LogP contribution >= 0.6 is 0 Å². The summed E-state index contributed by atoms with van der Waals surface area (Å²) in [6.45, 7) is 2.67. The van der Waals surface area contributed by atoms with Gasteiger partial charge in [0.1, 0.15) is 5.75 Å². The van der Waals surface area contributed by atoms with Crippen LogP contribution in [0.5, 0.6) is 5.75 Å². The third kappa shape index (κ3) is 1.85. The second kappa shape index (κ2) is 4.02. The molecule has 2 nitrogen and oxygen atoms in total. The number of fused-ring (bicyclic) bond motifs is 1. The third-order valence-electron chi connectivity index (χ3n) is 4.33. The Bertz CT molecular complexity index is 398. The van der Waals surface area contributed by atoms with Gasteiger partial charge in [0.25, 0.3) is 0 Å². The number of hydrogen-bond acceptors (Lipinski definition) is 2. The van der Waals surface area contributed by atoms with E-state index in [1.54, 1.807) is 0 Å². The minimum atomic E-state index is -0.562. The molecule has 17 heavy (non-hydrogen) atoms. The molecule has 0 heterocycles. The van der Waals surface area contributed by atoms with Gasteiger partial charge in [-0.1, -0.05) is 12.1 Å². The van der Waals surface area contributed by atoms with E-state index in [9.17, 15) is 5.11 Å². The monoisotopic (exact) mass is 232 g/mol. The van der Waals surface area contributed by atoms with Crippen molar-refractivity contribution in [1.29, 1.82) is 0 Å². The van der Waals surface area contributed by atoms with Crippen LogP contribution < -0.4 is 4.74 Å². The Kier molecular flexibility index (Phi) is 2.62. The van der Waals surface area contributed by atoms with Gasteiger partial charge in [-0.15, -0.1) is 0 Å². The van der Waals surface area contributed by atoms with Gasteiger partial charge in [-0.3, -0.25) is 0 Å². The zero-order valence-electron chi connectivity index (χ0n) is 10.4. The minimum absolute atomic E-state index is 0.509. The number of ether oxygens (including phenoxy) is 1. The molecular weight excluding hydrogens is 212 g/mol. The molecule has 0 bridgehead atoms. The minimum Gasteiger partial charge on any atom is -0.494 e. The lowest BCUT2D eigenvalue weighted by molar-refractivity contribution is -0.0161. The van der Waals surface area contributed by atoms with Crippen LogP contribution in [0.15, 0.2) is 24.3 Å². The highest BCUT2D eigenvalue weighted by Gasteiger charge is 2.54. The Morgan fingerprint density at radius 3 is 2.82 bits per heavy atom. The molecule has 3 unspecified atom stereocenters. The predicted molar refractivity (Wildman–Crippen MR) is 67.0 cm³/mol. The van der Waals surface area contributed by atoms with E-state index in [0.717, 1.165) is 30.1 Å². The molecule has 2 saturated carbocycles. The van der Waals surface area contributed by atoms with E-state index in [1.807, 2.05) is 31.2 Å². The third-order valence-corrected chi connectivity index (χ3v) is 4.33. The van der Waals surface area contributed by atoms with Crippen LogP contribution in [0.3, 0.4) is 0 Å². The van der Waals surface area contributed by atoms with E-state index >= 15 is 0 Å². The van der Waals surface area contributed by atoms with Crippen LogP contribution in [0.25, 0.3) is 0 Å². The van der Waals surface area contributed by atoms with Crippen molar-refractivity contribution >= 4 is 0 Å². The van der Waals surface area contributed by atoms with Gasteiger partial charge in [-0.25, -0.2) is 0 Å². The lowest BCUT2D eigenvalue weighted by Gasteiger charge is -2.32. The van der Waals surface area contributed by atoms with Crippen LogP contribution in [-0.4, -0.2) is 11.7 Å². The molecule has 1 N–H and O–H groups in total. The molecule has 0 spiro atoms. The largest absolute Gasteiger partial charge is 0.494 e. The smallest absolute Gasteiger partial charge is 0.119 e. The second-order valence-electron chi connectivity index (χ2n) is 5.38. The molecular formula is C15H20O2. The van der Waals surface area contributed by atoms with Crippen molar-refractivity contribution in [2.75, 3.05) is 6.61 Å². The lowest BCUT2D eigenvalue weighted by Crippen LogP contribution is -2.31. The van der Waals surface area contributed by atoms with E-state index in [0.29, 0.717) is 12.5 Å². The van der Waals surface area contributed by atoms with Gasteiger partial charge in [0.05, 0.1) is 12.2 Å². The van der Waals surface area contributed by atoms with Gasteiger partial charge in [0, 0.05) is 0 Å². The first kappa shape index (κ1) is 11.1. The Labute approximate surface area is 103 Å². The van der Waals surface area contributed by atoms with Gasteiger partial charge >= 0.3 is 0 Å². The number of rotatable bonds is 3. The Hall–Kier alpha value is -1.02. The van der Waals surface area contributed by atoms with E-state index < -0.39 is 5.60 Å². The van der Waals surface area contributed by atoms with Gasteiger partial charge < -0.3 is 9.84 Å². The SMILES string of the molecule is CCOc1ccc(C2(O)CCCC3CC32)cc1. The van der Waals surface area contributed by atoms with Crippen molar-refractivity contribution < 1.29 is 9.84 Å². The van der Waals surface area contributed by atoms with Gasteiger partial charge in [0.2, 0.25) is 0 Å². The summed E-state index contributed by atoms with van der Waals surface area (Å²) in [6, 6.07) is 8.02. The summed E-state index contributed by atoms with van der Waals surface area (Å²) in [6.07, 6.45) is 4.60. The average Bonchev–Trinajstić information content (AvgIpc) is 3.11. The molecule has 0 aliphatic heterocycles. The molecule has 0 radical (unpaired) electrons. The quantitative estimate of drug-likeness (QED) is 0.867. The molecule has 92 valence electrons. The standard InChI is InChI=1S/C15H20O2/c1-2-17-13-7-5-12(6-8-13)15(16)9-3-4-11-10-14(11)15/h5-8,11,14,16H,2-4,9-10H2,1H3. The van der Waals surface area contributed by atoms with Crippen LogP contribution in [0, 0.1) is 11.8 Å². The Morgan fingerprint density at radius 2 is 2.12 bits per heavy atom. The first-order chi connectivity index (χ1) is 8.24. The fraction of sp³-hybridized carbons (Fsp3) is 0.600. The van der Waals surface area contributed by atoms with Gasteiger partial charge in [-0.05, 0) is 62.1 Å². The van der Waals surface area contributed by atoms with Crippen molar-refractivity contribution in [3.8, 4) is 5.75 Å². The fourth-order valence-electron chi connectivity index (χ4n) is 3.34. The molecule has 0 aromatic heterocycles. The molecule has 3 atom stereocenters. The fourth-order valence-corrected chi connectivity index (χ4v) is 3.34. The molecule has 0 amide bonds. The summed E-state index contributed by atoms with van der Waals surface area (Å²) in [5, 5.41) is 10.8. The second-order valence-corrected chi connectivity index (χ2v) is 5.38. The van der Waals surface area contributed by atoms with Crippen molar-refractivity contribution in [2.24, 2.45) is 11.8 Å². The molecule has 2 heteroatoms. The van der Waals surface area contributed by atoms with Crippen LogP contribution in [-0.2, 0) is 5.60 Å². The van der Waals surface area contributed by atoms with Crippen LogP contribution in [0.1, 0.15) is 38.2 Å². The van der Waals surface area contributed by atoms with Crippen molar-refractivity contribution in [3.05, 3.63) is 29.8 Å². The highest BCUT2D eigenvalue weighted by atomic mass is 16.5. The lowest BCUT2D eigenvalue weighted by atomic mass is 9.79. The Balaban J connectivity index is 1.83. The summed E-state index contributed by atoms with van der Waals surface area (Å²) in [7, 11) is 0. The maximum atomic E-state index is 10.8. The summed E-state index contributed by atoms with van der Waals surface area (Å²) in [5.74, 6) is 2.18. The normalized spacial score (nSPS) is 35.2. The van der Waals surface area contributed by atoms with E-state index in [2.05, 4.69) is 0 Å². The topological polar surface area (TPSA) is 29.5 Å². The van der Waals surface area contributed by atoms with Crippen molar-refractivity contribution in [3.63, 3.8) is 0 Å². The molecule has 2 aliphatic carbocycles. The van der Waals surface area contributed by atoms with E-state index in [1.165, 1.54) is 12.8 Å². The summed E-state index contributed by atoms with van der Waals surface area (Å²) >= 11 is 0. The van der Waals surface area contributed by atoms with Gasteiger partial charge in [-0.2, -0.15) is 0 Å². The highest BCUT2D eigenvalue weighted by Crippen LogP contribution is 2.58. The molecule has 1 aromatic rings. The zero-order valence-corrected chi connectivity index (χ0v) is 10.4. The first-order valence-corrected chi connectivity index (χ1v) is 6.70. The highest BCUT2D eigenvalue weighted by molar-refractivity contribution is 5.33. The molecule has 2 aliphatic rings. The van der Waals surface area contributed by atoms with Crippen LogP contribution in [0.4, 0.5) is 0 Å². The number of hydrogen-bond donors (Lipinski definition) is 1. The number of aliphatic hydroxyl groups is 1. The average molecular weight is 232 g/mol. The molecule has 2 fully saturated rings. The summed E-state index contributed by atoms with van der Waals surface area (Å²) < 4.78 is 5.44. The maximum Gasteiger partial charge on any atom is 0.119 e. The van der Waals surface area contributed by atoms with Gasteiger partial charge in [0.15, 0.2) is 0 Å². The predicted octanol–water partition coefficient (Wildman–Crippen LogP) is 3.09. The van der Waals surface area contributed by atoms with Crippen LogP contribution in [0.2, 0.25) is 0 Å². The van der Waals surface area contributed by atoms with Crippen molar-refractivity contribution in [1.82, 2.24) is 0 Å². The zero-order chi connectivity index (χ0) is 11.9. The Morgan fingerprint density at radius 1 is 1.35 bits per heavy atom. The number of benzene rings is 1.